The van der Waals surface area contributed by atoms with Crippen LogP contribution < -0.4 is 5.32 Å². The molecular weight excluding hydrogens is 720 g/mol. The van der Waals surface area contributed by atoms with Crippen LogP contribution in [0.4, 0.5) is 4.79 Å². The molecule has 0 spiro atoms. The van der Waals surface area contributed by atoms with Crippen LogP contribution >= 0.6 is 0 Å². The Morgan fingerprint density at radius 3 is 2.16 bits per heavy atom. The number of nitrogens with one attached hydrogen (secondary N) is 1. The highest BCUT2D eigenvalue weighted by Gasteiger charge is 2.46. The maximum atomic E-state index is 14.1. The Hall–Kier alpha value is -4.46. The van der Waals surface area contributed by atoms with E-state index in [1.807, 2.05) is 58.0 Å². The SMILES string of the molecule is CC[C@H](C)[C@@H]([C@@H](CC(=O)N1CCC[C@H]1C(=O)O[C@H](C(=O)N1C(=O)C=C(OC)[C@@H]1Cc1ccccc1)C(C)C)OC)N(C)C(=O)[C@@H](NC(=O)OC(C)(C)C)C(C)C. The Balaban J connectivity index is 1.79. The van der Waals surface area contributed by atoms with Gasteiger partial charge in [-0.15, -0.1) is 0 Å². The number of ether oxygens (including phenoxy) is 4. The number of likely N-dealkylation sites (N-methyl/N-ethyl adjacent to an activating group) is 1. The molecule has 0 bridgehead atoms. The van der Waals surface area contributed by atoms with Crippen LogP contribution in [-0.4, -0.2) is 120 Å². The van der Waals surface area contributed by atoms with Crippen LogP contribution in [0.2, 0.25) is 0 Å². The topological polar surface area (TPSA) is 161 Å². The van der Waals surface area contributed by atoms with E-state index < -0.39 is 71.8 Å². The summed E-state index contributed by atoms with van der Waals surface area (Å²) in [4.78, 5) is 86.0. The number of methoxy groups -OCH3 is 2. The number of benzene rings is 1. The third kappa shape index (κ3) is 11.5. The van der Waals surface area contributed by atoms with Gasteiger partial charge in [-0.25, -0.2) is 9.59 Å². The number of alkyl carbamates (subject to hydrolysis) is 1. The zero-order chi connectivity index (χ0) is 42.1. The minimum Gasteiger partial charge on any atom is -0.499 e. The van der Waals surface area contributed by atoms with Gasteiger partial charge in [0.2, 0.25) is 11.8 Å². The Labute approximate surface area is 332 Å². The molecule has 5 amide bonds. The Kier molecular flexibility index (Phi) is 16.5. The van der Waals surface area contributed by atoms with E-state index in [2.05, 4.69) is 5.32 Å². The zero-order valence-electron chi connectivity index (χ0n) is 35.3. The van der Waals surface area contributed by atoms with E-state index in [9.17, 15) is 28.8 Å². The number of carbonyl (C=O) groups excluding carboxylic acids is 6. The van der Waals surface area contributed by atoms with E-state index >= 15 is 0 Å². The van der Waals surface area contributed by atoms with E-state index in [0.29, 0.717) is 31.4 Å². The molecule has 2 aliphatic rings. The number of hydrogen-bond donors (Lipinski definition) is 1. The van der Waals surface area contributed by atoms with Gasteiger partial charge in [0.05, 0.1) is 25.7 Å². The third-order valence-corrected chi connectivity index (χ3v) is 10.5. The predicted molar refractivity (Wildman–Crippen MR) is 210 cm³/mol. The highest BCUT2D eigenvalue weighted by atomic mass is 16.6. The second kappa shape index (κ2) is 20.1. The lowest BCUT2D eigenvalue weighted by molar-refractivity contribution is -0.170. The number of carbonyl (C=O) groups is 6. The smallest absolute Gasteiger partial charge is 0.408 e. The summed E-state index contributed by atoms with van der Waals surface area (Å²) in [5.41, 5.74) is 0.139. The van der Waals surface area contributed by atoms with Gasteiger partial charge in [-0.3, -0.25) is 24.1 Å². The fourth-order valence-electron chi connectivity index (χ4n) is 7.36. The van der Waals surface area contributed by atoms with Gasteiger partial charge in [-0.05, 0) is 56.9 Å². The van der Waals surface area contributed by atoms with Gasteiger partial charge in [0.1, 0.15) is 29.5 Å². The summed E-state index contributed by atoms with van der Waals surface area (Å²) in [6, 6.07) is 6.27. The van der Waals surface area contributed by atoms with Crippen LogP contribution in [0, 0.1) is 17.8 Å². The lowest BCUT2D eigenvalue weighted by atomic mass is 9.89. The van der Waals surface area contributed by atoms with E-state index in [-0.39, 0.29) is 36.6 Å². The number of rotatable bonds is 17. The number of amides is 5. The molecule has 2 heterocycles. The molecule has 0 aromatic heterocycles. The Morgan fingerprint density at radius 1 is 0.982 bits per heavy atom. The first-order valence-electron chi connectivity index (χ1n) is 19.7. The summed E-state index contributed by atoms with van der Waals surface area (Å²) >= 11 is 0. The van der Waals surface area contributed by atoms with Gasteiger partial charge in [-0.2, -0.15) is 0 Å². The molecule has 14 heteroatoms. The monoisotopic (exact) mass is 784 g/mol. The molecule has 7 atom stereocenters. The minimum absolute atomic E-state index is 0.111. The average molecular weight is 785 g/mol. The van der Waals surface area contributed by atoms with Gasteiger partial charge < -0.3 is 34.1 Å². The van der Waals surface area contributed by atoms with Crippen molar-refractivity contribution in [2.24, 2.45) is 17.8 Å². The number of imide groups is 1. The predicted octanol–water partition coefficient (Wildman–Crippen LogP) is 4.88. The first-order valence-corrected chi connectivity index (χ1v) is 19.7. The average Bonchev–Trinajstić information content (AvgIpc) is 3.75. The maximum Gasteiger partial charge on any atom is 0.408 e. The fraction of sp³-hybridized carbons (Fsp3) is 0.667. The standard InChI is InChI=1S/C42H64N4O10/c1-13-27(6)36(44(10)38(49)35(25(2)3)43-41(52)56-42(7,8)9)32(54-12)24-33(47)45-21-17-20-29(45)40(51)55-37(26(4)5)39(50)46-30(31(53-11)23-34(46)48)22-28-18-15-14-16-19-28/h14-16,18-19,23,25-27,29-30,32,35-37H,13,17,20-22,24H2,1-12H3,(H,43,52)/t27-,29-,30-,32+,35-,36-,37-/m0/s1. The summed E-state index contributed by atoms with van der Waals surface area (Å²) in [6.45, 7) is 16.6. The van der Waals surface area contributed by atoms with Crippen LogP contribution in [0.25, 0.3) is 0 Å². The van der Waals surface area contributed by atoms with E-state index in [0.717, 1.165) is 10.5 Å². The van der Waals surface area contributed by atoms with Crippen LogP contribution in [0.1, 0.15) is 93.6 Å². The van der Waals surface area contributed by atoms with Crippen molar-refractivity contribution in [2.45, 2.75) is 136 Å². The summed E-state index contributed by atoms with van der Waals surface area (Å²) in [6.07, 6.45) is 0.234. The van der Waals surface area contributed by atoms with Crippen LogP contribution in [0.3, 0.4) is 0 Å². The van der Waals surface area contributed by atoms with E-state index in [4.69, 9.17) is 18.9 Å². The number of likely N-dealkylation sites (tertiary alicyclic amines) is 1. The molecule has 1 saturated heterocycles. The second-order valence-corrected chi connectivity index (χ2v) is 16.5. The maximum absolute atomic E-state index is 14.1. The summed E-state index contributed by atoms with van der Waals surface area (Å²) in [5.74, 6) is -3.21. The van der Waals surface area contributed by atoms with Crippen molar-refractivity contribution in [3.05, 3.63) is 47.7 Å². The van der Waals surface area contributed by atoms with Crippen molar-refractivity contribution in [1.82, 2.24) is 20.0 Å². The summed E-state index contributed by atoms with van der Waals surface area (Å²) in [7, 11) is 4.56. The first-order chi connectivity index (χ1) is 26.3. The largest absolute Gasteiger partial charge is 0.499 e. The van der Waals surface area contributed by atoms with Gasteiger partial charge in [0, 0.05) is 33.2 Å². The van der Waals surface area contributed by atoms with Gasteiger partial charge in [-0.1, -0.05) is 78.3 Å². The van der Waals surface area contributed by atoms with Crippen molar-refractivity contribution in [3.63, 3.8) is 0 Å². The van der Waals surface area contributed by atoms with Crippen molar-refractivity contribution in [3.8, 4) is 0 Å². The normalized spacial score (nSPS) is 19.9. The van der Waals surface area contributed by atoms with Gasteiger partial charge in [0.25, 0.3) is 11.8 Å². The highest BCUT2D eigenvalue weighted by Crippen LogP contribution is 2.29. The number of nitrogens with zero attached hydrogens (tertiary/aromatic N) is 3. The van der Waals surface area contributed by atoms with Crippen molar-refractivity contribution < 1.29 is 47.7 Å². The van der Waals surface area contributed by atoms with Crippen LogP contribution in [0.15, 0.2) is 42.2 Å². The number of hydrogen-bond acceptors (Lipinski definition) is 10. The highest BCUT2D eigenvalue weighted by molar-refractivity contribution is 6.06. The molecule has 56 heavy (non-hydrogen) atoms. The fourth-order valence-corrected chi connectivity index (χ4v) is 7.36. The van der Waals surface area contributed by atoms with Gasteiger partial charge in [0.15, 0.2) is 6.10 Å². The Bertz CT molecular complexity index is 1570. The lowest BCUT2D eigenvalue weighted by Crippen LogP contribution is -2.58. The van der Waals surface area contributed by atoms with Crippen molar-refractivity contribution in [1.29, 1.82) is 0 Å². The lowest BCUT2D eigenvalue weighted by Gasteiger charge is -2.40. The van der Waals surface area contributed by atoms with Crippen molar-refractivity contribution in [2.75, 3.05) is 27.8 Å². The molecular formula is C42H64N4O10. The molecule has 1 aromatic carbocycles. The molecule has 312 valence electrons. The zero-order valence-corrected chi connectivity index (χ0v) is 35.3. The van der Waals surface area contributed by atoms with Crippen LogP contribution in [0.5, 0.6) is 0 Å². The van der Waals surface area contributed by atoms with E-state index in [1.165, 1.54) is 25.2 Å². The Morgan fingerprint density at radius 2 is 1.62 bits per heavy atom. The van der Waals surface area contributed by atoms with Crippen molar-refractivity contribution >= 4 is 35.7 Å². The molecule has 2 aliphatic heterocycles. The van der Waals surface area contributed by atoms with Crippen LogP contribution in [-0.2, 0) is 49.3 Å². The third-order valence-electron chi connectivity index (χ3n) is 10.5. The van der Waals surface area contributed by atoms with Gasteiger partial charge >= 0.3 is 12.1 Å². The molecule has 0 radical (unpaired) electrons. The molecule has 1 aromatic rings. The molecule has 1 fully saturated rings. The molecule has 1 N–H and O–H groups in total. The minimum atomic E-state index is -1.30. The molecule has 0 aliphatic carbocycles. The first kappa shape index (κ1) is 45.9. The van der Waals surface area contributed by atoms with E-state index in [1.54, 1.807) is 46.6 Å². The molecule has 0 unspecified atom stereocenters. The second-order valence-electron chi connectivity index (χ2n) is 16.5. The molecule has 14 nitrogen and oxygen atoms in total. The summed E-state index contributed by atoms with van der Waals surface area (Å²) < 4.78 is 22.7. The molecule has 0 saturated carbocycles. The summed E-state index contributed by atoms with van der Waals surface area (Å²) in [5, 5.41) is 2.72. The number of esters is 1. The molecule has 3 rings (SSSR count). The quantitative estimate of drug-likeness (QED) is 0.216.